The van der Waals surface area contributed by atoms with E-state index < -0.39 is 0 Å². The lowest BCUT2D eigenvalue weighted by molar-refractivity contribution is 0.105. The van der Waals surface area contributed by atoms with Gasteiger partial charge in [0.1, 0.15) is 0 Å². The van der Waals surface area contributed by atoms with Crippen molar-refractivity contribution in [2.24, 2.45) is 5.84 Å². The van der Waals surface area contributed by atoms with Crippen molar-refractivity contribution >= 4 is 21.4 Å². The Morgan fingerprint density at radius 3 is 2.65 bits per heavy atom. The van der Waals surface area contributed by atoms with Crippen LogP contribution in [0.3, 0.4) is 0 Å². The molecule has 3 rings (SSSR count). The average molecular weight is 289 g/mol. The summed E-state index contributed by atoms with van der Waals surface area (Å²) in [6.45, 7) is 0. The number of benzene rings is 1. The van der Waals surface area contributed by atoms with Crippen molar-refractivity contribution in [3.8, 4) is 0 Å². The molecule has 1 aliphatic carbocycles. The van der Waals surface area contributed by atoms with Gasteiger partial charge in [0.05, 0.1) is 6.04 Å². The molecule has 108 valence electrons. The van der Waals surface area contributed by atoms with Crippen LogP contribution >= 0.6 is 11.3 Å². The predicted octanol–water partition coefficient (Wildman–Crippen LogP) is 3.28. The van der Waals surface area contributed by atoms with Gasteiger partial charge in [-0.15, -0.1) is 11.3 Å². The van der Waals surface area contributed by atoms with E-state index in [-0.39, 0.29) is 11.6 Å². The second-order valence-electron chi connectivity index (χ2n) is 5.99. The maximum Gasteiger partial charge on any atom is 0.0657 e. The molecule has 1 saturated carbocycles. The van der Waals surface area contributed by atoms with Gasteiger partial charge in [0.25, 0.3) is 0 Å². The molecule has 3 N–H and O–H groups in total. The van der Waals surface area contributed by atoms with Crippen LogP contribution in [0.2, 0.25) is 0 Å². The van der Waals surface area contributed by atoms with Crippen molar-refractivity contribution in [2.75, 3.05) is 14.1 Å². The Labute approximate surface area is 124 Å². The lowest BCUT2D eigenvalue weighted by Gasteiger charge is -2.43. The Morgan fingerprint density at radius 1 is 1.25 bits per heavy atom. The van der Waals surface area contributed by atoms with Gasteiger partial charge in [-0.1, -0.05) is 31.0 Å². The van der Waals surface area contributed by atoms with E-state index in [2.05, 4.69) is 54.1 Å². The van der Waals surface area contributed by atoms with Gasteiger partial charge in [0.15, 0.2) is 0 Å². The maximum atomic E-state index is 6.00. The lowest BCUT2D eigenvalue weighted by atomic mass is 9.82. The summed E-state index contributed by atoms with van der Waals surface area (Å²) in [6, 6.07) is 8.93. The molecule has 3 nitrogen and oxygen atoms in total. The van der Waals surface area contributed by atoms with Crippen molar-refractivity contribution in [1.82, 2.24) is 10.3 Å². The minimum absolute atomic E-state index is 0.132. The van der Waals surface area contributed by atoms with Gasteiger partial charge < -0.3 is 4.90 Å². The first-order chi connectivity index (χ1) is 9.69. The molecule has 0 radical (unpaired) electrons. The van der Waals surface area contributed by atoms with Crippen molar-refractivity contribution < 1.29 is 0 Å². The fourth-order valence-electron chi connectivity index (χ4n) is 3.76. The number of hydrazine groups is 1. The highest BCUT2D eigenvalue weighted by Gasteiger charge is 2.44. The van der Waals surface area contributed by atoms with E-state index in [9.17, 15) is 0 Å². The summed E-state index contributed by atoms with van der Waals surface area (Å²) >= 11 is 1.81. The summed E-state index contributed by atoms with van der Waals surface area (Å²) in [6.07, 6.45) is 4.99. The fourth-order valence-corrected chi connectivity index (χ4v) is 4.70. The Bertz CT molecular complexity index is 584. The second-order valence-corrected chi connectivity index (χ2v) is 6.91. The summed E-state index contributed by atoms with van der Waals surface area (Å²) in [5.41, 5.74) is 4.60. The van der Waals surface area contributed by atoms with Gasteiger partial charge in [-0.05, 0) is 49.3 Å². The number of fused-ring (bicyclic) bond motifs is 1. The molecule has 0 bridgehead atoms. The van der Waals surface area contributed by atoms with E-state index in [1.54, 1.807) is 0 Å². The summed E-state index contributed by atoms with van der Waals surface area (Å²) in [5, 5.41) is 3.48. The molecule has 1 aromatic carbocycles. The van der Waals surface area contributed by atoms with Gasteiger partial charge in [-0.3, -0.25) is 11.3 Å². The van der Waals surface area contributed by atoms with Gasteiger partial charge in [-0.25, -0.2) is 0 Å². The molecule has 0 amide bonds. The molecule has 1 aromatic heterocycles. The minimum Gasteiger partial charge on any atom is -0.302 e. The van der Waals surface area contributed by atoms with Crippen LogP contribution in [0.4, 0.5) is 0 Å². The quantitative estimate of drug-likeness (QED) is 0.670. The molecule has 20 heavy (non-hydrogen) atoms. The first kappa shape index (κ1) is 14.0. The molecule has 4 heteroatoms. The summed E-state index contributed by atoms with van der Waals surface area (Å²) in [7, 11) is 4.37. The lowest BCUT2D eigenvalue weighted by Crippen LogP contribution is -2.53. The van der Waals surface area contributed by atoms with E-state index in [0.29, 0.717) is 0 Å². The smallest absolute Gasteiger partial charge is 0.0657 e. The average Bonchev–Trinajstić information content (AvgIpc) is 3.09. The number of nitrogens with one attached hydrogen (secondary N) is 1. The molecule has 1 fully saturated rings. The standard InChI is InChI=1S/C16H23N3S/c1-19(2)16(9-3-4-10-16)15(18-17)13-7-5-6-12-8-11-20-14(12)13/h5-8,11,15,18H,3-4,9-10,17H2,1-2H3. The number of rotatable bonds is 4. The second kappa shape index (κ2) is 5.45. The number of nitrogens with zero attached hydrogens (tertiary/aromatic N) is 1. The van der Waals surface area contributed by atoms with Crippen molar-refractivity contribution in [3.05, 3.63) is 35.2 Å². The van der Waals surface area contributed by atoms with Gasteiger partial charge in [0, 0.05) is 10.2 Å². The Balaban J connectivity index is 2.11. The first-order valence-corrected chi connectivity index (χ1v) is 8.17. The van der Waals surface area contributed by atoms with Crippen LogP contribution in [-0.2, 0) is 0 Å². The third-order valence-electron chi connectivity index (χ3n) is 4.88. The Hall–Kier alpha value is -0.940. The first-order valence-electron chi connectivity index (χ1n) is 7.29. The zero-order valence-corrected chi connectivity index (χ0v) is 13.0. The minimum atomic E-state index is 0.132. The third kappa shape index (κ3) is 2.07. The van der Waals surface area contributed by atoms with E-state index in [0.717, 1.165) is 0 Å². The highest BCUT2D eigenvalue weighted by molar-refractivity contribution is 7.17. The van der Waals surface area contributed by atoms with Crippen LogP contribution in [0, 0.1) is 0 Å². The van der Waals surface area contributed by atoms with E-state index in [1.165, 1.54) is 41.3 Å². The molecule has 2 aromatic rings. The molecule has 0 spiro atoms. The number of nitrogens with two attached hydrogens (primary N) is 1. The van der Waals surface area contributed by atoms with Crippen LogP contribution < -0.4 is 11.3 Å². The molecule has 0 aliphatic heterocycles. The number of likely N-dealkylation sites (N-methyl/N-ethyl adjacent to an activating group) is 1. The molecule has 1 atom stereocenters. The van der Waals surface area contributed by atoms with Crippen LogP contribution in [0.5, 0.6) is 0 Å². The zero-order chi connectivity index (χ0) is 14.2. The van der Waals surface area contributed by atoms with Gasteiger partial charge >= 0.3 is 0 Å². The monoisotopic (exact) mass is 289 g/mol. The Morgan fingerprint density at radius 2 is 2.00 bits per heavy atom. The van der Waals surface area contributed by atoms with Crippen LogP contribution in [0.15, 0.2) is 29.6 Å². The van der Waals surface area contributed by atoms with Gasteiger partial charge in [0.2, 0.25) is 0 Å². The highest BCUT2D eigenvalue weighted by Crippen LogP contribution is 2.45. The van der Waals surface area contributed by atoms with Crippen LogP contribution in [0.25, 0.3) is 10.1 Å². The maximum absolute atomic E-state index is 6.00. The molecule has 1 unspecified atom stereocenters. The van der Waals surface area contributed by atoms with Crippen molar-refractivity contribution in [2.45, 2.75) is 37.3 Å². The number of hydrogen-bond donors (Lipinski definition) is 2. The zero-order valence-electron chi connectivity index (χ0n) is 12.2. The molecular formula is C16H23N3S. The normalized spacial score (nSPS) is 19.8. The van der Waals surface area contributed by atoms with Crippen molar-refractivity contribution in [3.63, 3.8) is 0 Å². The van der Waals surface area contributed by atoms with Crippen LogP contribution in [0.1, 0.15) is 37.3 Å². The molecule has 0 saturated heterocycles. The van der Waals surface area contributed by atoms with Gasteiger partial charge in [-0.2, -0.15) is 0 Å². The number of thiophene rings is 1. The molecule has 1 aliphatic rings. The topological polar surface area (TPSA) is 41.3 Å². The summed E-state index contributed by atoms with van der Waals surface area (Å²) < 4.78 is 1.36. The highest BCUT2D eigenvalue weighted by atomic mass is 32.1. The van der Waals surface area contributed by atoms with E-state index >= 15 is 0 Å². The SMILES string of the molecule is CN(C)C1(C(NN)c2cccc3ccsc23)CCCC1. The summed E-state index contributed by atoms with van der Waals surface area (Å²) in [5.74, 6) is 6.00. The Kier molecular flexibility index (Phi) is 3.82. The van der Waals surface area contributed by atoms with Crippen LogP contribution in [-0.4, -0.2) is 24.5 Å². The fraction of sp³-hybridized carbons (Fsp3) is 0.500. The molecule has 1 heterocycles. The molecular weight excluding hydrogens is 266 g/mol. The predicted molar refractivity (Wildman–Crippen MR) is 86.8 cm³/mol. The van der Waals surface area contributed by atoms with Crippen molar-refractivity contribution in [1.29, 1.82) is 0 Å². The largest absolute Gasteiger partial charge is 0.302 e. The summed E-state index contributed by atoms with van der Waals surface area (Å²) in [4.78, 5) is 2.37. The van der Waals surface area contributed by atoms with E-state index in [1.807, 2.05) is 11.3 Å². The van der Waals surface area contributed by atoms with E-state index in [4.69, 9.17) is 5.84 Å². The number of hydrogen-bond acceptors (Lipinski definition) is 4. The third-order valence-corrected chi connectivity index (χ3v) is 5.86.